The lowest BCUT2D eigenvalue weighted by molar-refractivity contribution is -0.121. The molecular formula is C10H17N3O2. The quantitative estimate of drug-likeness (QED) is 0.745. The fourth-order valence-electron chi connectivity index (χ4n) is 1.27. The first-order chi connectivity index (χ1) is 7.15. The van der Waals surface area contributed by atoms with Crippen LogP contribution < -0.4 is 10.6 Å². The van der Waals surface area contributed by atoms with Crippen molar-refractivity contribution >= 4 is 5.91 Å². The summed E-state index contributed by atoms with van der Waals surface area (Å²) in [6.45, 7) is 4.89. The molecule has 1 heterocycles. The van der Waals surface area contributed by atoms with Gasteiger partial charge in [-0.3, -0.25) is 4.79 Å². The smallest absolute Gasteiger partial charge is 0.221 e. The number of nitrogens with one attached hydrogen (secondary N) is 2. The number of carbonyl (C=O) groups excluding carboxylic acids is 1. The van der Waals surface area contributed by atoms with E-state index < -0.39 is 0 Å². The van der Waals surface area contributed by atoms with Crippen molar-refractivity contribution in [3.63, 3.8) is 0 Å². The van der Waals surface area contributed by atoms with Gasteiger partial charge in [-0.25, -0.2) is 0 Å². The number of amides is 1. The Kier molecular flexibility index (Phi) is 4.30. The van der Waals surface area contributed by atoms with E-state index in [0.717, 1.165) is 17.0 Å². The van der Waals surface area contributed by atoms with E-state index in [2.05, 4.69) is 15.8 Å². The average molecular weight is 211 g/mol. The summed E-state index contributed by atoms with van der Waals surface area (Å²) < 4.78 is 5.00. The predicted molar refractivity (Wildman–Crippen MR) is 56.4 cm³/mol. The summed E-state index contributed by atoms with van der Waals surface area (Å²) in [6, 6.07) is 0. The number of rotatable bonds is 5. The van der Waals surface area contributed by atoms with Gasteiger partial charge in [-0.1, -0.05) is 5.16 Å². The fraction of sp³-hybridized carbons (Fsp3) is 0.600. The van der Waals surface area contributed by atoms with Gasteiger partial charge in [-0.2, -0.15) is 0 Å². The Labute approximate surface area is 89.2 Å². The summed E-state index contributed by atoms with van der Waals surface area (Å²) in [7, 11) is 1.82. The summed E-state index contributed by atoms with van der Waals surface area (Å²) in [5.41, 5.74) is 1.80. The molecule has 0 fully saturated rings. The maximum Gasteiger partial charge on any atom is 0.221 e. The molecule has 0 aliphatic heterocycles. The van der Waals surface area contributed by atoms with E-state index in [-0.39, 0.29) is 5.91 Å². The molecule has 5 nitrogen and oxygen atoms in total. The molecule has 1 aromatic rings. The van der Waals surface area contributed by atoms with E-state index in [1.807, 2.05) is 20.9 Å². The minimum absolute atomic E-state index is 0.0318. The molecule has 2 N–H and O–H groups in total. The van der Waals surface area contributed by atoms with Gasteiger partial charge in [0.15, 0.2) is 0 Å². The minimum atomic E-state index is 0.0318. The van der Waals surface area contributed by atoms with Gasteiger partial charge >= 0.3 is 0 Å². The third kappa shape index (κ3) is 3.36. The van der Waals surface area contributed by atoms with Crippen molar-refractivity contribution in [3.8, 4) is 0 Å². The number of aromatic nitrogens is 1. The molecule has 0 unspecified atom stereocenters. The van der Waals surface area contributed by atoms with Crippen molar-refractivity contribution in [1.29, 1.82) is 0 Å². The van der Waals surface area contributed by atoms with Crippen LogP contribution in [0.5, 0.6) is 0 Å². The molecule has 0 atom stereocenters. The Balaban J connectivity index is 2.40. The zero-order chi connectivity index (χ0) is 11.3. The van der Waals surface area contributed by atoms with Crippen LogP contribution in [-0.4, -0.2) is 24.7 Å². The summed E-state index contributed by atoms with van der Waals surface area (Å²) >= 11 is 0. The molecule has 84 valence electrons. The Morgan fingerprint density at radius 2 is 2.20 bits per heavy atom. The third-order valence-corrected chi connectivity index (χ3v) is 2.25. The minimum Gasteiger partial charge on any atom is -0.361 e. The molecule has 1 rings (SSSR count). The van der Waals surface area contributed by atoms with Gasteiger partial charge in [0.05, 0.1) is 5.69 Å². The van der Waals surface area contributed by atoms with Crippen LogP contribution in [0.25, 0.3) is 0 Å². The normalized spacial score (nSPS) is 10.3. The first-order valence-corrected chi connectivity index (χ1v) is 4.98. The van der Waals surface area contributed by atoms with E-state index in [1.165, 1.54) is 0 Å². The van der Waals surface area contributed by atoms with Crippen molar-refractivity contribution in [2.24, 2.45) is 0 Å². The molecule has 0 bridgehead atoms. The number of aryl methyl sites for hydroxylation is 2. The van der Waals surface area contributed by atoms with Crippen LogP contribution >= 0.6 is 0 Å². The van der Waals surface area contributed by atoms with Crippen LogP contribution in [0.2, 0.25) is 0 Å². The molecule has 0 radical (unpaired) electrons. The lowest BCUT2D eigenvalue weighted by Crippen LogP contribution is -2.26. The number of hydrogen-bond acceptors (Lipinski definition) is 4. The second kappa shape index (κ2) is 5.50. The first-order valence-electron chi connectivity index (χ1n) is 4.98. The van der Waals surface area contributed by atoms with Gasteiger partial charge in [0.1, 0.15) is 5.76 Å². The highest BCUT2D eigenvalue weighted by atomic mass is 16.5. The molecule has 0 aliphatic rings. The fourth-order valence-corrected chi connectivity index (χ4v) is 1.27. The highest BCUT2D eigenvalue weighted by molar-refractivity contribution is 5.76. The largest absolute Gasteiger partial charge is 0.361 e. The second-order valence-electron chi connectivity index (χ2n) is 3.43. The van der Waals surface area contributed by atoms with Gasteiger partial charge in [0.25, 0.3) is 0 Å². The average Bonchev–Trinajstić information content (AvgIpc) is 2.53. The monoisotopic (exact) mass is 211 g/mol. The highest BCUT2D eigenvalue weighted by Crippen LogP contribution is 2.11. The van der Waals surface area contributed by atoms with E-state index in [9.17, 15) is 4.79 Å². The molecule has 0 aliphatic carbocycles. The molecule has 0 saturated heterocycles. The molecule has 1 aromatic heterocycles. The number of carbonyl (C=O) groups is 1. The Morgan fingerprint density at radius 1 is 1.47 bits per heavy atom. The maximum absolute atomic E-state index is 11.3. The molecule has 0 spiro atoms. The topological polar surface area (TPSA) is 67.2 Å². The summed E-state index contributed by atoms with van der Waals surface area (Å²) in [4.78, 5) is 11.3. The van der Waals surface area contributed by atoms with Gasteiger partial charge in [-0.05, 0) is 20.9 Å². The SMILES string of the molecule is CNCCC(=O)NCc1c(C)noc1C. The van der Waals surface area contributed by atoms with Crippen molar-refractivity contribution in [1.82, 2.24) is 15.8 Å². The van der Waals surface area contributed by atoms with Crippen molar-refractivity contribution < 1.29 is 9.32 Å². The van der Waals surface area contributed by atoms with Crippen LogP contribution in [0, 0.1) is 13.8 Å². The zero-order valence-corrected chi connectivity index (χ0v) is 9.39. The first kappa shape index (κ1) is 11.7. The van der Waals surface area contributed by atoms with Gasteiger partial charge in [0.2, 0.25) is 5.91 Å². The van der Waals surface area contributed by atoms with Crippen LogP contribution in [0.15, 0.2) is 4.52 Å². The van der Waals surface area contributed by atoms with Crippen LogP contribution in [0.1, 0.15) is 23.4 Å². The van der Waals surface area contributed by atoms with Gasteiger partial charge < -0.3 is 15.2 Å². The Morgan fingerprint density at radius 3 is 2.73 bits per heavy atom. The van der Waals surface area contributed by atoms with Crippen LogP contribution in [0.4, 0.5) is 0 Å². The second-order valence-corrected chi connectivity index (χ2v) is 3.43. The molecule has 1 amide bonds. The van der Waals surface area contributed by atoms with Crippen molar-refractivity contribution in [3.05, 3.63) is 17.0 Å². The van der Waals surface area contributed by atoms with Crippen LogP contribution in [0.3, 0.4) is 0 Å². The van der Waals surface area contributed by atoms with Gasteiger partial charge in [0, 0.05) is 25.1 Å². The summed E-state index contributed by atoms with van der Waals surface area (Å²) in [6.07, 6.45) is 0.486. The number of hydrogen-bond donors (Lipinski definition) is 2. The third-order valence-electron chi connectivity index (χ3n) is 2.25. The van der Waals surface area contributed by atoms with Crippen LogP contribution in [-0.2, 0) is 11.3 Å². The molecule has 5 heteroatoms. The van der Waals surface area contributed by atoms with Crippen molar-refractivity contribution in [2.45, 2.75) is 26.8 Å². The van der Waals surface area contributed by atoms with Crippen molar-refractivity contribution in [2.75, 3.05) is 13.6 Å². The Bertz CT molecular complexity index is 314. The molecule has 0 aromatic carbocycles. The molecular weight excluding hydrogens is 194 g/mol. The van der Waals surface area contributed by atoms with E-state index in [4.69, 9.17) is 4.52 Å². The Hall–Kier alpha value is -1.36. The summed E-state index contributed by atoms with van der Waals surface area (Å²) in [5, 5.41) is 9.56. The maximum atomic E-state index is 11.3. The number of nitrogens with zero attached hydrogens (tertiary/aromatic N) is 1. The summed E-state index contributed by atoms with van der Waals surface area (Å²) in [5.74, 6) is 0.797. The van der Waals surface area contributed by atoms with Gasteiger partial charge in [-0.15, -0.1) is 0 Å². The van der Waals surface area contributed by atoms with E-state index in [0.29, 0.717) is 19.5 Å². The predicted octanol–water partition coefficient (Wildman–Crippen LogP) is 0.517. The highest BCUT2D eigenvalue weighted by Gasteiger charge is 2.09. The lowest BCUT2D eigenvalue weighted by Gasteiger charge is -2.04. The van der Waals surface area contributed by atoms with E-state index >= 15 is 0 Å². The van der Waals surface area contributed by atoms with E-state index in [1.54, 1.807) is 0 Å². The standard InChI is InChI=1S/C10H17N3O2/c1-7-9(8(2)15-13-7)6-12-10(14)4-5-11-3/h11H,4-6H2,1-3H3,(H,12,14). The zero-order valence-electron chi connectivity index (χ0n) is 9.39. The lowest BCUT2D eigenvalue weighted by atomic mass is 10.2. The molecule has 15 heavy (non-hydrogen) atoms. The molecule has 0 saturated carbocycles.